The predicted molar refractivity (Wildman–Crippen MR) is 427 cm³/mol. The minimum absolute atomic E-state index is 0.0326. The summed E-state index contributed by atoms with van der Waals surface area (Å²) in [6.07, 6.45) is 17.5. The highest BCUT2D eigenvalue weighted by molar-refractivity contribution is 5.87. The summed E-state index contributed by atoms with van der Waals surface area (Å²) in [5.41, 5.74) is -6.87. The fourth-order valence-corrected chi connectivity index (χ4v) is 7.83. The fourth-order valence-electron chi connectivity index (χ4n) is 7.83. The lowest BCUT2D eigenvalue weighted by molar-refractivity contribution is -0.171. The fraction of sp³-hybridized carbons (Fsp3) is 0.393. The van der Waals surface area contributed by atoms with Crippen LogP contribution >= 0.6 is 0 Å². The van der Waals surface area contributed by atoms with E-state index in [1.807, 2.05) is 13.8 Å². The first-order chi connectivity index (χ1) is 56.8. The third kappa shape index (κ3) is 51.4. The zero-order chi connectivity index (χ0) is 92.2. The van der Waals surface area contributed by atoms with E-state index >= 15 is 0 Å². The molecule has 660 valence electrons. The molecule has 0 saturated heterocycles. The number of ether oxygens (including phenoxy) is 19. The minimum Gasteiger partial charge on any atom is -0.462 e. The van der Waals surface area contributed by atoms with Crippen LogP contribution in [-0.4, -0.2) is 240 Å². The van der Waals surface area contributed by atoms with E-state index in [0.29, 0.717) is 19.3 Å². The normalized spacial score (nSPS) is 10.5. The molecular formula is C84H108O36. The average Bonchev–Trinajstić information content (AvgIpc) is 0.853. The molecule has 0 heterocycles. The summed E-state index contributed by atoms with van der Waals surface area (Å²) in [6.45, 7) is 55.8. The maximum Gasteiger partial charge on any atom is 0.330 e. The molecule has 0 saturated carbocycles. The van der Waals surface area contributed by atoms with Gasteiger partial charge in [-0.15, -0.1) is 0 Å². The van der Waals surface area contributed by atoms with E-state index in [0.717, 1.165) is 103 Å². The molecule has 0 spiro atoms. The summed E-state index contributed by atoms with van der Waals surface area (Å²) < 4.78 is 98.2. The number of carbonyl (C=O) groups is 17. The third-order valence-electron chi connectivity index (χ3n) is 15.6. The van der Waals surface area contributed by atoms with Crippen molar-refractivity contribution in [2.45, 2.75) is 40.0 Å². The molecule has 0 fully saturated rings. The molecule has 0 aromatic rings. The first-order valence-electron chi connectivity index (χ1n) is 35.5. The SMILES string of the molecule is C=CC(=O)OCC(CC)(COC(=O)C=C)COC(=O)C=C.C=CC(=O)OCC(CC)(COCC(CC)(COC(=O)C=C)COC(=O)C=C)COC(=O)C=C.C=CC(=O)OCC(COC(=O)C=C)(COC(=O)C=C)COC(=O)C=C.C=CC(=O)OCC(COCC(COC(=O)C=C)(COC(=O)C=C)COC(=O)C=C)(COC(=O)C=C)COC(=O)C=C. The molecular weight excluding hydrogens is 1580 g/mol. The summed E-state index contributed by atoms with van der Waals surface area (Å²) in [4.78, 5) is 196. The Hall–Kier alpha value is -13.5. The van der Waals surface area contributed by atoms with Crippen molar-refractivity contribution < 1.29 is 172 Å². The molecule has 120 heavy (non-hydrogen) atoms. The van der Waals surface area contributed by atoms with E-state index in [2.05, 4.69) is 112 Å². The Kier molecular flexibility index (Phi) is 60.8. The van der Waals surface area contributed by atoms with Crippen molar-refractivity contribution in [1.29, 1.82) is 0 Å². The van der Waals surface area contributed by atoms with Gasteiger partial charge in [-0.2, -0.15) is 0 Å². The van der Waals surface area contributed by atoms with Crippen LogP contribution in [0.15, 0.2) is 215 Å². The number of hydrogen-bond acceptors (Lipinski definition) is 36. The van der Waals surface area contributed by atoms with Crippen molar-refractivity contribution in [3.63, 3.8) is 0 Å². The van der Waals surface area contributed by atoms with Crippen LogP contribution in [0.1, 0.15) is 40.0 Å². The molecule has 0 N–H and O–H groups in total. The van der Waals surface area contributed by atoms with E-state index in [-0.39, 0.29) is 85.9 Å². The van der Waals surface area contributed by atoms with E-state index in [1.165, 1.54) is 0 Å². The highest BCUT2D eigenvalue weighted by Gasteiger charge is 2.43. The van der Waals surface area contributed by atoms with Crippen molar-refractivity contribution in [3.8, 4) is 0 Å². The minimum atomic E-state index is -1.49. The number of esters is 17. The average molecular weight is 1690 g/mol. The van der Waals surface area contributed by atoms with Gasteiger partial charge in [-0.3, -0.25) is 0 Å². The van der Waals surface area contributed by atoms with Crippen molar-refractivity contribution in [2.24, 2.45) is 32.5 Å². The second kappa shape index (κ2) is 64.6. The van der Waals surface area contributed by atoms with Gasteiger partial charge in [0.1, 0.15) is 118 Å². The van der Waals surface area contributed by atoms with Gasteiger partial charge in [0.15, 0.2) is 0 Å². The zero-order valence-corrected chi connectivity index (χ0v) is 68.0. The highest BCUT2D eigenvalue weighted by Crippen LogP contribution is 2.31. The first kappa shape index (κ1) is 113. The van der Waals surface area contributed by atoms with Crippen LogP contribution < -0.4 is 0 Å². The van der Waals surface area contributed by atoms with Crippen LogP contribution in [0.3, 0.4) is 0 Å². The van der Waals surface area contributed by atoms with Crippen molar-refractivity contribution in [1.82, 2.24) is 0 Å². The second-order valence-corrected chi connectivity index (χ2v) is 24.8. The van der Waals surface area contributed by atoms with Gasteiger partial charge in [0.05, 0.1) is 53.5 Å². The number of hydrogen-bond donors (Lipinski definition) is 0. The summed E-state index contributed by atoms with van der Waals surface area (Å²) in [5, 5.41) is 0. The molecule has 0 aliphatic rings. The van der Waals surface area contributed by atoms with Crippen molar-refractivity contribution in [2.75, 3.05) is 139 Å². The topological polar surface area (TPSA) is 466 Å². The van der Waals surface area contributed by atoms with Crippen LogP contribution in [0.5, 0.6) is 0 Å². The lowest BCUT2D eigenvalue weighted by Gasteiger charge is -2.35. The molecule has 0 radical (unpaired) electrons. The molecule has 36 nitrogen and oxygen atoms in total. The second-order valence-electron chi connectivity index (χ2n) is 24.8. The summed E-state index contributed by atoms with van der Waals surface area (Å²) >= 11 is 0. The molecule has 0 aliphatic heterocycles. The van der Waals surface area contributed by atoms with Gasteiger partial charge < -0.3 is 90.0 Å². The van der Waals surface area contributed by atoms with Gasteiger partial charge in [-0.1, -0.05) is 133 Å². The van der Waals surface area contributed by atoms with E-state index < -0.39 is 187 Å². The summed E-state index contributed by atoms with van der Waals surface area (Å²) in [7, 11) is 0. The highest BCUT2D eigenvalue weighted by atomic mass is 16.6. The van der Waals surface area contributed by atoms with Gasteiger partial charge >= 0.3 is 101 Å². The van der Waals surface area contributed by atoms with Crippen LogP contribution in [0.4, 0.5) is 0 Å². The van der Waals surface area contributed by atoms with Gasteiger partial charge in [0.25, 0.3) is 0 Å². The maximum atomic E-state index is 11.8. The van der Waals surface area contributed by atoms with E-state index in [9.17, 15) is 81.5 Å². The molecule has 0 amide bonds. The Morgan fingerprint density at radius 1 is 0.150 bits per heavy atom. The largest absolute Gasteiger partial charge is 0.462 e. The molecule has 0 aromatic heterocycles. The number of rotatable bonds is 62. The molecule has 0 aromatic carbocycles. The standard InChI is InChI=1S/C28H34O13.C24H34O9.C17H20O8.C15H20O6/c1-7-21(29)36-15-27(16-37-22(30)8-2,17-38-23(31)9-3)13-35-14-28(18-39-24(32)10-4,19-40-25(33)11-5)20-41-26(34)12-6;1-7-19(25)30-15-23(11-5,16-31-20(26)8-2)13-29-14-24(12-6,17-32-21(27)9-3)18-33-22(28)10-4;1-5-13(18)22-9-17(10-23-14(19)6-2,11-24-15(20)7-3)12-25-16(21)8-4;1-5-12(16)19-9-15(8-4,10-20-13(17)6-2)11-21-14(18)7-3/h7-12H,1-6,13-20H2;7-10H,1-4,11-18H2,5-6H3;5-8H,1-4,9-12H2;5-7H,1-3,8-11H2,4H3. The summed E-state index contributed by atoms with van der Waals surface area (Å²) in [5.74, 6) is -12.4. The quantitative estimate of drug-likeness (QED) is 0.0355. The Bertz CT molecular complexity index is 3170. The third-order valence-corrected chi connectivity index (χ3v) is 15.6. The Balaban J connectivity index is -0.000000771. The lowest BCUT2D eigenvalue weighted by Crippen LogP contribution is -2.47. The predicted octanol–water partition coefficient (Wildman–Crippen LogP) is 6.52. The molecule has 36 heteroatoms. The zero-order valence-electron chi connectivity index (χ0n) is 68.0. The van der Waals surface area contributed by atoms with Crippen LogP contribution in [0, 0.1) is 32.5 Å². The van der Waals surface area contributed by atoms with Crippen LogP contribution in [0.25, 0.3) is 0 Å². The monoisotopic (exact) mass is 1690 g/mol. The van der Waals surface area contributed by atoms with E-state index in [1.54, 1.807) is 6.92 Å². The Morgan fingerprint density at radius 3 is 0.317 bits per heavy atom. The van der Waals surface area contributed by atoms with Gasteiger partial charge in [0.2, 0.25) is 0 Å². The number of carbonyl (C=O) groups excluding carboxylic acids is 17. The molecule has 0 atom stereocenters. The van der Waals surface area contributed by atoms with Crippen LogP contribution in [0.2, 0.25) is 0 Å². The maximum absolute atomic E-state index is 11.8. The van der Waals surface area contributed by atoms with Crippen LogP contribution in [-0.2, 0) is 172 Å². The van der Waals surface area contributed by atoms with Gasteiger partial charge in [-0.25, -0.2) is 81.5 Å². The Labute approximate surface area is 696 Å². The van der Waals surface area contributed by atoms with Gasteiger partial charge in [-0.05, 0) is 19.3 Å². The first-order valence-corrected chi connectivity index (χ1v) is 35.5. The Morgan fingerprint density at radius 2 is 0.225 bits per heavy atom. The lowest BCUT2D eigenvalue weighted by atomic mass is 9.86. The molecule has 0 bridgehead atoms. The smallest absolute Gasteiger partial charge is 0.330 e. The molecule has 0 rings (SSSR count). The molecule has 0 unspecified atom stereocenters. The summed E-state index contributed by atoms with van der Waals surface area (Å²) in [6, 6.07) is 0. The van der Waals surface area contributed by atoms with E-state index in [4.69, 9.17) is 90.0 Å². The van der Waals surface area contributed by atoms with Crippen molar-refractivity contribution >= 4 is 101 Å². The van der Waals surface area contributed by atoms with Crippen molar-refractivity contribution in [3.05, 3.63) is 215 Å². The van der Waals surface area contributed by atoms with Gasteiger partial charge in [0, 0.05) is 103 Å². The molecule has 0 aliphatic carbocycles.